The zero-order valence-electron chi connectivity index (χ0n) is 12.0. The second kappa shape index (κ2) is 5.56. The van der Waals surface area contributed by atoms with Crippen LogP contribution in [0.4, 0.5) is 0 Å². The number of carbonyl (C=O) groups excluding carboxylic acids is 1. The molecule has 4 nitrogen and oxygen atoms in total. The molecule has 0 unspecified atom stereocenters. The van der Waals surface area contributed by atoms with Crippen LogP contribution < -0.4 is 5.32 Å². The highest BCUT2D eigenvalue weighted by molar-refractivity contribution is 5.96. The van der Waals surface area contributed by atoms with Crippen LogP contribution in [0.2, 0.25) is 0 Å². The van der Waals surface area contributed by atoms with Crippen LogP contribution >= 0.6 is 0 Å². The molecule has 0 saturated heterocycles. The SMILES string of the molecule is Cc1ccc(C(=O)N[C@H]2CCc3ccccc3C2)c(O)n1. The fraction of sp³-hybridized carbons (Fsp3) is 0.294. The molecular formula is C17H18N2O2. The highest BCUT2D eigenvalue weighted by Gasteiger charge is 2.21. The predicted octanol–water partition coefficient (Wildman–Crippen LogP) is 2.38. The van der Waals surface area contributed by atoms with Gasteiger partial charge in [0.05, 0.1) is 0 Å². The van der Waals surface area contributed by atoms with Crippen molar-refractivity contribution in [1.82, 2.24) is 10.3 Å². The van der Waals surface area contributed by atoms with Crippen LogP contribution in [0.1, 0.15) is 33.6 Å². The van der Waals surface area contributed by atoms with Crippen LogP contribution in [0.5, 0.6) is 5.88 Å². The molecule has 2 N–H and O–H groups in total. The molecular weight excluding hydrogens is 264 g/mol. The van der Waals surface area contributed by atoms with Gasteiger partial charge in [0.25, 0.3) is 5.91 Å². The maximum absolute atomic E-state index is 12.2. The number of aromatic nitrogens is 1. The van der Waals surface area contributed by atoms with E-state index in [0.29, 0.717) is 5.69 Å². The molecule has 0 spiro atoms. The molecule has 1 aliphatic carbocycles. The Labute approximate surface area is 123 Å². The number of nitrogens with one attached hydrogen (secondary N) is 1. The van der Waals surface area contributed by atoms with Gasteiger partial charge in [-0.05, 0) is 49.4 Å². The predicted molar refractivity (Wildman–Crippen MR) is 80.4 cm³/mol. The number of benzene rings is 1. The van der Waals surface area contributed by atoms with Gasteiger partial charge in [0, 0.05) is 11.7 Å². The van der Waals surface area contributed by atoms with E-state index in [1.54, 1.807) is 19.1 Å². The summed E-state index contributed by atoms with van der Waals surface area (Å²) in [6.07, 6.45) is 2.73. The average molecular weight is 282 g/mol. The molecule has 0 radical (unpaired) electrons. The van der Waals surface area contributed by atoms with E-state index in [4.69, 9.17) is 0 Å². The van der Waals surface area contributed by atoms with Crippen molar-refractivity contribution in [1.29, 1.82) is 0 Å². The summed E-state index contributed by atoms with van der Waals surface area (Å²) in [6.45, 7) is 1.78. The molecule has 1 aliphatic rings. The third-order valence-electron chi connectivity index (χ3n) is 3.94. The number of hydrogen-bond acceptors (Lipinski definition) is 3. The van der Waals surface area contributed by atoms with Crippen LogP contribution in [-0.4, -0.2) is 22.0 Å². The van der Waals surface area contributed by atoms with Crippen molar-refractivity contribution < 1.29 is 9.90 Å². The molecule has 1 heterocycles. The summed E-state index contributed by atoms with van der Waals surface area (Å²) in [4.78, 5) is 16.2. The Morgan fingerprint density at radius 1 is 1.24 bits per heavy atom. The van der Waals surface area contributed by atoms with E-state index in [-0.39, 0.29) is 23.4 Å². The quantitative estimate of drug-likeness (QED) is 0.889. The summed E-state index contributed by atoms with van der Waals surface area (Å²) in [5.41, 5.74) is 3.58. The Hall–Kier alpha value is -2.36. The molecule has 2 aromatic rings. The Balaban J connectivity index is 1.71. The molecule has 0 fully saturated rings. The Morgan fingerprint density at radius 2 is 2.00 bits per heavy atom. The van der Waals surface area contributed by atoms with Gasteiger partial charge in [-0.1, -0.05) is 24.3 Å². The van der Waals surface area contributed by atoms with Gasteiger partial charge in [0.1, 0.15) is 5.56 Å². The maximum Gasteiger partial charge on any atom is 0.256 e. The molecule has 0 saturated carbocycles. The van der Waals surface area contributed by atoms with Gasteiger partial charge >= 0.3 is 0 Å². The second-order valence-electron chi connectivity index (χ2n) is 5.51. The van der Waals surface area contributed by atoms with Gasteiger partial charge in [-0.3, -0.25) is 4.79 Å². The number of aryl methyl sites for hydroxylation is 2. The van der Waals surface area contributed by atoms with Gasteiger partial charge in [-0.15, -0.1) is 0 Å². The van der Waals surface area contributed by atoms with Gasteiger partial charge < -0.3 is 10.4 Å². The summed E-state index contributed by atoms with van der Waals surface area (Å²) in [6, 6.07) is 11.8. The minimum absolute atomic E-state index is 0.105. The molecule has 1 aromatic carbocycles. The zero-order valence-corrected chi connectivity index (χ0v) is 12.0. The van der Waals surface area contributed by atoms with Crippen molar-refractivity contribution in [3.8, 4) is 5.88 Å². The monoisotopic (exact) mass is 282 g/mol. The van der Waals surface area contributed by atoms with E-state index in [1.165, 1.54) is 11.1 Å². The van der Waals surface area contributed by atoms with Crippen molar-refractivity contribution in [3.63, 3.8) is 0 Å². The molecule has 108 valence electrons. The number of carbonyl (C=O) groups is 1. The molecule has 0 bridgehead atoms. The van der Waals surface area contributed by atoms with Crippen molar-refractivity contribution in [2.45, 2.75) is 32.2 Å². The normalized spacial score (nSPS) is 17.1. The lowest BCUT2D eigenvalue weighted by atomic mass is 9.88. The Bertz CT molecular complexity index is 682. The van der Waals surface area contributed by atoms with Crippen LogP contribution in [0.3, 0.4) is 0 Å². The van der Waals surface area contributed by atoms with E-state index < -0.39 is 0 Å². The number of amides is 1. The first-order valence-corrected chi connectivity index (χ1v) is 7.18. The number of fused-ring (bicyclic) bond motifs is 1. The summed E-state index contributed by atoms with van der Waals surface area (Å²) >= 11 is 0. The third kappa shape index (κ3) is 2.89. The van der Waals surface area contributed by atoms with E-state index in [1.807, 2.05) is 12.1 Å². The van der Waals surface area contributed by atoms with Crippen molar-refractivity contribution in [3.05, 3.63) is 58.8 Å². The standard InChI is InChI=1S/C17H18N2O2/c1-11-6-9-15(16(20)18-11)17(21)19-14-8-7-12-4-2-3-5-13(12)10-14/h2-6,9,14H,7-8,10H2,1H3,(H,18,20)(H,19,21)/t14-/m0/s1. The molecule has 1 amide bonds. The lowest BCUT2D eigenvalue weighted by molar-refractivity contribution is 0.0930. The Kier molecular flexibility index (Phi) is 3.60. The largest absolute Gasteiger partial charge is 0.493 e. The van der Waals surface area contributed by atoms with E-state index in [9.17, 15) is 9.90 Å². The smallest absolute Gasteiger partial charge is 0.256 e. The topological polar surface area (TPSA) is 62.2 Å². The van der Waals surface area contributed by atoms with Crippen molar-refractivity contribution in [2.75, 3.05) is 0 Å². The van der Waals surface area contributed by atoms with E-state index in [0.717, 1.165) is 19.3 Å². The van der Waals surface area contributed by atoms with Crippen molar-refractivity contribution in [2.24, 2.45) is 0 Å². The minimum atomic E-state index is -0.260. The van der Waals surface area contributed by atoms with Crippen LogP contribution in [-0.2, 0) is 12.8 Å². The average Bonchev–Trinajstić information content (AvgIpc) is 2.47. The molecule has 1 aromatic heterocycles. The van der Waals surface area contributed by atoms with E-state index in [2.05, 4.69) is 22.4 Å². The lowest BCUT2D eigenvalue weighted by Crippen LogP contribution is -2.38. The number of rotatable bonds is 2. The summed E-state index contributed by atoms with van der Waals surface area (Å²) in [5, 5.41) is 12.8. The fourth-order valence-corrected chi connectivity index (χ4v) is 2.80. The first-order valence-electron chi connectivity index (χ1n) is 7.18. The van der Waals surface area contributed by atoms with Crippen LogP contribution in [0.25, 0.3) is 0 Å². The molecule has 1 atom stereocenters. The molecule has 3 rings (SSSR count). The van der Waals surface area contributed by atoms with Gasteiger partial charge in [0.15, 0.2) is 0 Å². The number of aromatic hydroxyl groups is 1. The first kappa shape index (κ1) is 13.6. The first-order chi connectivity index (χ1) is 10.1. The number of pyridine rings is 1. The number of nitrogens with zero attached hydrogens (tertiary/aromatic N) is 1. The highest BCUT2D eigenvalue weighted by Crippen LogP contribution is 2.22. The lowest BCUT2D eigenvalue weighted by Gasteiger charge is -2.25. The minimum Gasteiger partial charge on any atom is -0.493 e. The number of hydrogen-bond donors (Lipinski definition) is 2. The van der Waals surface area contributed by atoms with Gasteiger partial charge in [-0.2, -0.15) is 0 Å². The van der Waals surface area contributed by atoms with Crippen LogP contribution in [0.15, 0.2) is 36.4 Å². The highest BCUT2D eigenvalue weighted by atomic mass is 16.3. The fourth-order valence-electron chi connectivity index (χ4n) is 2.80. The van der Waals surface area contributed by atoms with Gasteiger partial charge in [0.2, 0.25) is 5.88 Å². The van der Waals surface area contributed by atoms with Crippen LogP contribution in [0, 0.1) is 6.92 Å². The van der Waals surface area contributed by atoms with Crippen molar-refractivity contribution >= 4 is 5.91 Å². The maximum atomic E-state index is 12.2. The summed E-state index contributed by atoms with van der Waals surface area (Å²) in [5.74, 6) is -0.465. The second-order valence-corrected chi connectivity index (χ2v) is 5.51. The molecule has 21 heavy (non-hydrogen) atoms. The Morgan fingerprint density at radius 3 is 2.76 bits per heavy atom. The summed E-state index contributed by atoms with van der Waals surface area (Å²) in [7, 11) is 0. The summed E-state index contributed by atoms with van der Waals surface area (Å²) < 4.78 is 0. The van der Waals surface area contributed by atoms with E-state index >= 15 is 0 Å². The molecule has 0 aliphatic heterocycles. The molecule has 4 heteroatoms. The van der Waals surface area contributed by atoms with Gasteiger partial charge in [-0.25, -0.2) is 4.98 Å². The zero-order chi connectivity index (χ0) is 14.8. The third-order valence-corrected chi connectivity index (χ3v) is 3.94.